The minimum absolute atomic E-state index is 0.613. The molecule has 0 radical (unpaired) electrons. The van der Waals surface area contributed by atoms with Gasteiger partial charge in [0.2, 0.25) is 5.95 Å². The topological polar surface area (TPSA) is 47.0 Å². The normalized spacial score (nSPS) is 10.1. The van der Waals surface area contributed by atoms with Crippen molar-refractivity contribution in [2.24, 2.45) is 0 Å². The highest BCUT2D eigenvalue weighted by atomic mass is 16.5. The number of hydrogen-bond donors (Lipinski definition) is 1. The van der Waals surface area contributed by atoms with Crippen LogP contribution in [0.15, 0.2) is 36.7 Å². The van der Waals surface area contributed by atoms with E-state index in [2.05, 4.69) is 40.4 Å². The molecule has 1 aromatic heterocycles. The second-order valence-corrected chi connectivity index (χ2v) is 3.92. The highest BCUT2D eigenvalue weighted by Gasteiger charge is 2.01. The number of aromatic nitrogens is 2. The lowest BCUT2D eigenvalue weighted by molar-refractivity contribution is 0.411. The molecule has 94 valence electrons. The molecule has 1 heterocycles. The van der Waals surface area contributed by atoms with E-state index in [1.165, 1.54) is 11.1 Å². The van der Waals surface area contributed by atoms with Crippen LogP contribution in [0.5, 0.6) is 5.75 Å². The van der Waals surface area contributed by atoms with Gasteiger partial charge in [0.25, 0.3) is 0 Å². The molecule has 0 bridgehead atoms. The molecule has 0 fully saturated rings. The molecule has 0 aliphatic heterocycles. The van der Waals surface area contributed by atoms with Crippen LogP contribution in [-0.4, -0.2) is 17.1 Å². The second kappa shape index (κ2) is 6.00. The van der Waals surface area contributed by atoms with Crippen molar-refractivity contribution >= 4 is 5.95 Å². The first-order valence-corrected chi connectivity index (χ1v) is 6.00. The summed E-state index contributed by atoms with van der Waals surface area (Å²) in [7, 11) is 1.60. The first-order chi connectivity index (χ1) is 8.83. The smallest absolute Gasteiger partial charge is 0.223 e. The Morgan fingerprint density at radius 1 is 1.11 bits per heavy atom. The standard InChI is InChI=1S/C14H17N3O/c1-3-11-6-4-5-7-12(11)8-15-14-16-9-13(18-2)10-17-14/h4-7,9-10H,3,8H2,1-2H3,(H,15,16,17). The van der Waals surface area contributed by atoms with Crippen LogP contribution in [0.25, 0.3) is 0 Å². The van der Waals surface area contributed by atoms with Gasteiger partial charge in [-0.1, -0.05) is 31.2 Å². The van der Waals surface area contributed by atoms with E-state index in [1.54, 1.807) is 19.5 Å². The molecule has 0 amide bonds. The van der Waals surface area contributed by atoms with E-state index >= 15 is 0 Å². The number of aryl methyl sites for hydroxylation is 1. The number of benzene rings is 1. The first-order valence-electron chi connectivity index (χ1n) is 6.00. The minimum atomic E-state index is 0.613. The van der Waals surface area contributed by atoms with Crippen LogP contribution < -0.4 is 10.1 Å². The summed E-state index contributed by atoms with van der Waals surface area (Å²) >= 11 is 0. The molecular weight excluding hydrogens is 226 g/mol. The number of nitrogens with zero attached hydrogens (tertiary/aromatic N) is 2. The van der Waals surface area contributed by atoms with Crippen molar-refractivity contribution in [3.8, 4) is 5.75 Å². The van der Waals surface area contributed by atoms with Crippen molar-refractivity contribution < 1.29 is 4.74 Å². The molecule has 0 atom stereocenters. The summed E-state index contributed by atoms with van der Waals surface area (Å²) in [5.41, 5.74) is 2.62. The quantitative estimate of drug-likeness (QED) is 0.877. The first kappa shape index (κ1) is 12.4. The summed E-state index contributed by atoms with van der Waals surface area (Å²) in [5, 5.41) is 3.21. The summed E-state index contributed by atoms with van der Waals surface area (Å²) in [6, 6.07) is 8.37. The van der Waals surface area contributed by atoms with E-state index in [1.807, 2.05) is 6.07 Å². The van der Waals surface area contributed by atoms with Gasteiger partial charge in [-0.05, 0) is 17.5 Å². The molecular formula is C14H17N3O. The lowest BCUT2D eigenvalue weighted by Gasteiger charge is -2.09. The lowest BCUT2D eigenvalue weighted by atomic mass is 10.1. The van der Waals surface area contributed by atoms with Gasteiger partial charge in [-0.3, -0.25) is 0 Å². The molecule has 0 aliphatic rings. The molecule has 18 heavy (non-hydrogen) atoms. The van der Waals surface area contributed by atoms with Gasteiger partial charge in [-0.25, -0.2) is 9.97 Å². The van der Waals surface area contributed by atoms with E-state index in [0.717, 1.165) is 13.0 Å². The molecule has 0 spiro atoms. The summed E-state index contributed by atoms with van der Waals surface area (Å²) in [6.07, 6.45) is 4.34. The van der Waals surface area contributed by atoms with Gasteiger partial charge in [-0.15, -0.1) is 0 Å². The zero-order valence-electron chi connectivity index (χ0n) is 10.7. The zero-order chi connectivity index (χ0) is 12.8. The fraction of sp³-hybridized carbons (Fsp3) is 0.286. The number of anilines is 1. The van der Waals surface area contributed by atoms with Gasteiger partial charge >= 0.3 is 0 Å². The number of ether oxygens (including phenoxy) is 1. The molecule has 2 aromatic rings. The number of rotatable bonds is 5. The van der Waals surface area contributed by atoms with E-state index in [-0.39, 0.29) is 0 Å². The van der Waals surface area contributed by atoms with Crippen LogP contribution in [0.3, 0.4) is 0 Å². The Hall–Kier alpha value is -2.10. The zero-order valence-corrected chi connectivity index (χ0v) is 10.7. The van der Waals surface area contributed by atoms with Crippen LogP contribution in [0.4, 0.5) is 5.95 Å². The largest absolute Gasteiger partial charge is 0.494 e. The third kappa shape index (κ3) is 2.97. The molecule has 1 aromatic carbocycles. The molecule has 0 aliphatic carbocycles. The maximum absolute atomic E-state index is 5.02. The predicted octanol–water partition coefficient (Wildman–Crippen LogP) is 2.66. The van der Waals surface area contributed by atoms with Gasteiger partial charge < -0.3 is 10.1 Å². The molecule has 0 unspecified atom stereocenters. The Labute approximate surface area is 107 Å². The molecule has 1 N–H and O–H groups in total. The highest BCUT2D eigenvalue weighted by Crippen LogP contribution is 2.12. The van der Waals surface area contributed by atoms with Gasteiger partial charge in [0.1, 0.15) is 0 Å². The predicted molar refractivity (Wildman–Crippen MR) is 71.7 cm³/mol. The van der Waals surface area contributed by atoms with Crippen LogP contribution in [0, 0.1) is 0 Å². The molecule has 0 saturated heterocycles. The van der Waals surface area contributed by atoms with Crippen LogP contribution in [0.2, 0.25) is 0 Å². The third-order valence-corrected chi connectivity index (χ3v) is 2.80. The monoisotopic (exact) mass is 243 g/mol. The number of nitrogens with one attached hydrogen (secondary N) is 1. The molecule has 0 saturated carbocycles. The number of methoxy groups -OCH3 is 1. The van der Waals surface area contributed by atoms with Crippen LogP contribution >= 0.6 is 0 Å². The lowest BCUT2D eigenvalue weighted by Crippen LogP contribution is -2.05. The Morgan fingerprint density at radius 3 is 2.39 bits per heavy atom. The van der Waals surface area contributed by atoms with Gasteiger partial charge in [0.15, 0.2) is 5.75 Å². The maximum Gasteiger partial charge on any atom is 0.223 e. The van der Waals surface area contributed by atoms with Crippen molar-refractivity contribution in [1.82, 2.24) is 9.97 Å². The van der Waals surface area contributed by atoms with Crippen molar-refractivity contribution in [3.63, 3.8) is 0 Å². The minimum Gasteiger partial charge on any atom is -0.494 e. The summed E-state index contributed by atoms with van der Waals surface area (Å²) < 4.78 is 5.02. The summed E-state index contributed by atoms with van der Waals surface area (Å²) in [5.74, 6) is 1.27. The Kier molecular flexibility index (Phi) is 4.12. The van der Waals surface area contributed by atoms with E-state index < -0.39 is 0 Å². The van der Waals surface area contributed by atoms with Gasteiger partial charge in [0, 0.05) is 6.54 Å². The van der Waals surface area contributed by atoms with E-state index in [9.17, 15) is 0 Å². The maximum atomic E-state index is 5.02. The van der Waals surface area contributed by atoms with Crippen LogP contribution in [0.1, 0.15) is 18.1 Å². The summed E-state index contributed by atoms with van der Waals surface area (Å²) in [6.45, 7) is 2.89. The fourth-order valence-corrected chi connectivity index (χ4v) is 1.76. The van der Waals surface area contributed by atoms with Crippen molar-refractivity contribution in [2.75, 3.05) is 12.4 Å². The van der Waals surface area contributed by atoms with E-state index in [0.29, 0.717) is 11.7 Å². The molecule has 4 heteroatoms. The van der Waals surface area contributed by atoms with Crippen LogP contribution in [-0.2, 0) is 13.0 Å². The van der Waals surface area contributed by atoms with Crippen molar-refractivity contribution in [2.45, 2.75) is 19.9 Å². The SMILES string of the molecule is CCc1ccccc1CNc1ncc(OC)cn1. The fourth-order valence-electron chi connectivity index (χ4n) is 1.76. The van der Waals surface area contributed by atoms with Crippen molar-refractivity contribution in [1.29, 1.82) is 0 Å². The van der Waals surface area contributed by atoms with Crippen molar-refractivity contribution in [3.05, 3.63) is 47.8 Å². The Balaban J connectivity index is 2.02. The Morgan fingerprint density at radius 2 is 1.78 bits per heavy atom. The highest BCUT2D eigenvalue weighted by molar-refractivity contribution is 5.33. The average molecular weight is 243 g/mol. The molecule has 2 rings (SSSR count). The summed E-state index contributed by atoms with van der Waals surface area (Å²) in [4.78, 5) is 8.35. The number of hydrogen-bond acceptors (Lipinski definition) is 4. The van der Waals surface area contributed by atoms with E-state index in [4.69, 9.17) is 4.74 Å². The Bertz CT molecular complexity index is 497. The second-order valence-electron chi connectivity index (χ2n) is 3.92. The molecule has 4 nitrogen and oxygen atoms in total. The van der Waals surface area contributed by atoms with Gasteiger partial charge in [-0.2, -0.15) is 0 Å². The average Bonchev–Trinajstić information content (AvgIpc) is 2.46. The van der Waals surface area contributed by atoms with Gasteiger partial charge in [0.05, 0.1) is 19.5 Å². The third-order valence-electron chi connectivity index (χ3n) is 2.80.